The van der Waals surface area contributed by atoms with E-state index in [2.05, 4.69) is 30.9 Å². The van der Waals surface area contributed by atoms with E-state index in [0.29, 0.717) is 49.7 Å². The van der Waals surface area contributed by atoms with Gasteiger partial charge in [0.15, 0.2) is 17.5 Å². The fourth-order valence-corrected chi connectivity index (χ4v) is 7.11. The smallest absolute Gasteiger partial charge is 0.315 e. The normalized spacial score (nSPS) is 13.8. The molecular weight excluding hydrogens is 770 g/mol. The molecule has 0 aliphatic carbocycles. The van der Waals surface area contributed by atoms with E-state index in [-0.39, 0.29) is 63.5 Å². The van der Waals surface area contributed by atoms with E-state index in [0.717, 1.165) is 19.4 Å². The van der Waals surface area contributed by atoms with Crippen LogP contribution < -0.4 is 16.0 Å². The van der Waals surface area contributed by atoms with E-state index < -0.39 is 23.1 Å². The molecule has 4 aromatic rings. The average molecular weight is 823 g/mol. The summed E-state index contributed by atoms with van der Waals surface area (Å²) in [5.41, 5.74) is 1.23. The van der Waals surface area contributed by atoms with E-state index in [9.17, 15) is 19.2 Å². The van der Waals surface area contributed by atoms with Crippen LogP contribution in [-0.2, 0) is 18.4 Å². The maximum absolute atomic E-state index is 15.7. The van der Waals surface area contributed by atoms with Crippen molar-refractivity contribution in [2.45, 2.75) is 59.5 Å². The van der Waals surface area contributed by atoms with E-state index in [1.54, 1.807) is 22.6 Å². The molecule has 5 amide bonds. The molecule has 0 saturated carbocycles. The Bertz CT molecular complexity index is 2150. The SMILES string of the molecule is CCC(CCN(C)C)C(=O)N1CCN(C(=O)c2ccc(NC(=O)c3ncc(-c4ccc(-c5cnn(CCNC(=O)NC(C)(C)C)c5C)c(F)c4F)n3C)cc2Cl)CC1. The predicted octanol–water partition coefficient (Wildman–Crippen LogP) is 5.80. The van der Waals surface area contributed by atoms with Gasteiger partial charge in [0.05, 0.1) is 35.2 Å². The van der Waals surface area contributed by atoms with Gasteiger partial charge in [-0.25, -0.2) is 18.6 Å². The lowest BCUT2D eigenvalue weighted by atomic mass is 10.00. The van der Waals surface area contributed by atoms with Crippen LogP contribution in [0.1, 0.15) is 67.2 Å². The summed E-state index contributed by atoms with van der Waals surface area (Å²) in [6.07, 6.45) is 4.28. The van der Waals surface area contributed by atoms with Crippen LogP contribution in [0, 0.1) is 24.5 Å². The van der Waals surface area contributed by atoms with Crippen molar-refractivity contribution in [1.29, 1.82) is 0 Å². The van der Waals surface area contributed by atoms with Gasteiger partial charge in [-0.15, -0.1) is 0 Å². The summed E-state index contributed by atoms with van der Waals surface area (Å²) < 4.78 is 34.3. The van der Waals surface area contributed by atoms with E-state index >= 15 is 8.78 Å². The average Bonchev–Trinajstić information content (AvgIpc) is 3.73. The molecule has 1 aliphatic heterocycles. The molecule has 1 atom stereocenters. The molecule has 1 aliphatic rings. The summed E-state index contributed by atoms with van der Waals surface area (Å²) in [5.74, 6) is -3.13. The Morgan fingerprint density at radius 3 is 2.24 bits per heavy atom. The molecule has 0 radical (unpaired) electrons. The molecule has 312 valence electrons. The third-order valence-electron chi connectivity index (χ3n) is 10.1. The Balaban J connectivity index is 1.21. The van der Waals surface area contributed by atoms with Crippen molar-refractivity contribution < 1.29 is 28.0 Å². The van der Waals surface area contributed by atoms with Crippen molar-refractivity contribution in [2.75, 3.05) is 58.7 Å². The molecule has 1 unspecified atom stereocenters. The van der Waals surface area contributed by atoms with E-state index in [1.807, 2.05) is 46.7 Å². The molecule has 2 aromatic heterocycles. The van der Waals surface area contributed by atoms with Crippen molar-refractivity contribution in [3.63, 3.8) is 0 Å². The molecule has 2 aromatic carbocycles. The predicted molar refractivity (Wildman–Crippen MR) is 220 cm³/mol. The zero-order chi connectivity index (χ0) is 42.5. The largest absolute Gasteiger partial charge is 0.339 e. The number of hydrogen-bond acceptors (Lipinski definition) is 7. The molecular formula is C41H53ClF2N10O4. The molecule has 0 spiro atoms. The second-order valence-corrected chi connectivity index (χ2v) is 16.2. The quantitative estimate of drug-likeness (QED) is 0.154. The molecule has 3 N–H and O–H groups in total. The number of benzene rings is 2. The molecule has 14 nitrogen and oxygen atoms in total. The minimum atomic E-state index is -1.12. The van der Waals surface area contributed by atoms with Gasteiger partial charge < -0.3 is 35.2 Å². The number of amides is 5. The van der Waals surface area contributed by atoms with Crippen molar-refractivity contribution >= 4 is 41.0 Å². The van der Waals surface area contributed by atoms with Gasteiger partial charge in [0.1, 0.15) is 0 Å². The summed E-state index contributed by atoms with van der Waals surface area (Å²) in [5, 5.41) is 12.7. The molecule has 58 heavy (non-hydrogen) atoms. The first-order valence-electron chi connectivity index (χ1n) is 19.3. The maximum Gasteiger partial charge on any atom is 0.315 e. The number of hydrogen-bond donors (Lipinski definition) is 3. The monoisotopic (exact) mass is 822 g/mol. The van der Waals surface area contributed by atoms with Crippen LogP contribution >= 0.6 is 11.6 Å². The highest BCUT2D eigenvalue weighted by atomic mass is 35.5. The molecule has 3 heterocycles. The Labute approximate surface area is 342 Å². The number of carbonyl (C=O) groups excluding carboxylic acids is 4. The van der Waals surface area contributed by atoms with Crippen molar-refractivity contribution in [3.8, 4) is 22.4 Å². The van der Waals surface area contributed by atoms with Crippen LogP contribution in [0.4, 0.5) is 19.3 Å². The van der Waals surface area contributed by atoms with Gasteiger partial charge in [-0.3, -0.25) is 19.1 Å². The molecule has 5 rings (SSSR count). The van der Waals surface area contributed by atoms with Gasteiger partial charge in [-0.1, -0.05) is 24.6 Å². The fourth-order valence-electron chi connectivity index (χ4n) is 6.85. The molecule has 1 fully saturated rings. The molecule has 0 bridgehead atoms. The summed E-state index contributed by atoms with van der Waals surface area (Å²) in [6.45, 7) is 12.4. The van der Waals surface area contributed by atoms with Crippen LogP contribution in [-0.4, -0.2) is 117 Å². The maximum atomic E-state index is 15.7. The van der Waals surface area contributed by atoms with Crippen LogP contribution in [0.25, 0.3) is 22.4 Å². The highest BCUT2D eigenvalue weighted by Gasteiger charge is 2.30. The number of anilines is 1. The topological polar surface area (TPSA) is 150 Å². The van der Waals surface area contributed by atoms with Gasteiger partial charge in [0.25, 0.3) is 11.8 Å². The van der Waals surface area contributed by atoms with Crippen molar-refractivity contribution in [2.24, 2.45) is 13.0 Å². The van der Waals surface area contributed by atoms with Crippen LogP contribution in [0.15, 0.2) is 42.7 Å². The number of aromatic nitrogens is 4. The lowest BCUT2D eigenvalue weighted by molar-refractivity contribution is -0.137. The van der Waals surface area contributed by atoms with Crippen LogP contribution in [0.3, 0.4) is 0 Å². The first kappa shape index (κ1) is 43.8. The minimum Gasteiger partial charge on any atom is -0.339 e. The Hall–Kier alpha value is -5.35. The number of imidazole rings is 1. The van der Waals surface area contributed by atoms with Crippen molar-refractivity contribution in [3.05, 3.63) is 76.5 Å². The van der Waals surface area contributed by atoms with Gasteiger partial charge in [0, 0.05) is 79.3 Å². The number of piperazine rings is 1. The molecule has 17 heteroatoms. The number of rotatable bonds is 13. The molecule has 1 saturated heterocycles. The summed E-state index contributed by atoms with van der Waals surface area (Å²) >= 11 is 6.55. The zero-order valence-electron chi connectivity index (χ0n) is 34.4. The summed E-state index contributed by atoms with van der Waals surface area (Å²) in [6, 6.07) is 7.09. The van der Waals surface area contributed by atoms with Gasteiger partial charge >= 0.3 is 6.03 Å². The number of halogens is 3. The minimum absolute atomic E-state index is 0.0102. The third-order valence-corrected chi connectivity index (χ3v) is 10.5. The summed E-state index contributed by atoms with van der Waals surface area (Å²) in [7, 11) is 5.49. The van der Waals surface area contributed by atoms with Crippen LogP contribution in [0.5, 0.6) is 0 Å². The van der Waals surface area contributed by atoms with Gasteiger partial charge in [-0.05, 0) is 85.4 Å². The standard InChI is InChI=1S/C41H53ClF2N10O4/c1-9-26(14-16-50(6)7)38(56)52-18-20-53(21-19-52)39(57)29-11-10-27(22-32(29)42)48-37(55)36-46-24-33(51(36)8)30-13-12-28(34(43)35(30)44)31-23-47-54(25(31)2)17-15-45-40(58)49-41(3,4)5/h10-13,22-24,26H,9,14-21H2,1-8H3,(H,48,55)(H2,45,49,58). The number of nitrogens with zero attached hydrogens (tertiary/aromatic N) is 7. The highest BCUT2D eigenvalue weighted by molar-refractivity contribution is 6.34. The van der Waals surface area contributed by atoms with Gasteiger partial charge in [0.2, 0.25) is 5.91 Å². The highest BCUT2D eigenvalue weighted by Crippen LogP contribution is 2.33. The fraction of sp³-hybridized carbons (Fsp3) is 0.463. The zero-order valence-corrected chi connectivity index (χ0v) is 35.1. The lowest BCUT2D eigenvalue weighted by Gasteiger charge is -2.36. The van der Waals surface area contributed by atoms with Crippen molar-refractivity contribution in [1.82, 2.24) is 44.7 Å². The Morgan fingerprint density at radius 1 is 0.948 bits per heavy atom. The third kappa shape index (κ3) is 10.2. The number of nitrogens with one attached hydrogen (secondary N) is 3. The second kappa shape index (κ2) is 18.5. The lowest BCUT2D eigenvalue weighted by Crippen LogP contribution is -2.52. The second-order valence-electron chi connectivity index (χ2n) is 15.8. The number of urea groups is 1. The Morgan fingerprint density at radius 2 is 1.60 bits per heavy atom. The van der Waals surface area contributed by atoms with E-state index in [1.165, 1.54) is 48.3 Å². The first-order valence-corrected chi connectivity index (χ1v) is 19.7. The van der Waals surface area contributed by atoms with Gasteiger partial charge in [-0.2, -0.15) is 5.10 Å². The first-order chi connectivity index (χ1) is 27.4. The number of carbonyl (C=O) groups is 4. The Kier molecular flexibility index (Phi) is 14.0. The van der Waals surface area contributed by atoms with Crippen LogP contribution in [0.2, 0.25) is 5.02 Å². The van der Waals surface area contributed by atoms with E-state index in [4.69, 9.17) is 11.6 Å². The summed E-state index contributed by atoms with van der Waals surface area (Å²) in [4.78, 5) is 61.7.